The van der Waals surface area contributed by atoms with E-state index in [9.17, 15) is 5.11 Å². The molecule has 0 aromatic carbocycles. The van der Waals surface area contributed by atoms with Crippen LogP contribution in [0, 0.1) is 0 Å². The Morgan fingerprint density at radius 1 is 1.06 bits per heavy atom. The molecule has 1 heterocycles. The zero-order chi connectivity index (χ0) is 13.1. The molecule has 103 valence electrons. The highest BCUT2D eigenvalue weighted by Gasteiger charge is 2.37. The lowest BCUT2D eigenvalue weighted by molar-refractivity contribution is 0.0725. The first kappa shape index (κ1) is 17.0. The lowest BCUT2D eigenvalue weighted by Crippen LogP contribution is -2.45. The van der Waals surface area contributed by atoms with Crippen molar-refractivity contribution < 1.29 is 23.1 Å². The van der Waals surface area contributed by atoms with Gasteiger partial charge in [-0.05, 0) is 20.8 Å². The summed E-state index contributed by atoms with van der Waals surface area (Å²) in [6, 6.07) is 0.850. The molecule has 0 aliphatic carbocycles. The summed E-state index contributed by atoms with van der Waals surface area (Å²) in [5, 5.41) is 9.57. The average Bonchev–Trinajstić information content (AvgIpc) is 3.14. The lowest BCUT2D eigenvalue weighted by Gasteiger charge is -2.26. The predicted octanol–water partition coefficient (Wildman–Crippen LogP) is 1.87. The monoisotopic (exact) mass is 265 g/mol. The van der Waals surface area contributed by atoms with Gasteiger partial charge in [0, 0.05) is 25.9 Å². The second-order valence-electron chi connectivity index (χ2n) is 3.46. The maximum atomic E-state index is 9.57. The van der Waals surface area contributed by atoms with E-state index in [0.29, 0.717) is 26.4 Å². The van der Waals surface area contributed by atoms with Gasteiger partial charge in [-0.3, -0.25) is 0 Å². The normalized spacial score (nSPS) is 18.5. The molecule has 0 spiro atoms. The largest absolute Gasteiger partial charge is 0.500 e. The minimum absolute atomic E-state index is 0.0556. The average molecular weight is 265 g/mol. The Kier molecular flexibility index (Phi) is 10.00. The van der Waals surface area contributed by atoms with Crippen LogP contribution in [0.25, 0.3) is 0 Å². The van der Waals surface area contributed by atoms with Crippen LogP contribution in [-0.2, 0) is 23.1 Å². The van der Waals surface area contributed by atoms with E-state index >= 15 is 0 Å². The molecule has 1 fully saturated rings. The Balaban J connectivity index is 0.000000419. The maximum absolute atomic E-state index is 9.57. The van der Waals surface area contributed by atoms with Crippen molar-refractivity contribution in [3.05, 3.63) is 0 Å². The Bertz CT molecular complexity index is 158. The lowest BCUT2D eigenvalue weighted by atomic mass is 10.5. The van der Waals surface area contributed by atoms with Crippen molar-refractivity contribution in [3.63, 3.8) is 0 Å². The first-order valence-electron chi connectivity index (χ1n) is 6.29. The van der Waals surface area contributed by atoms with E-state index in [1.54, 1.807) is 0 Å². The molecule has 1 radical (unpaired) electrons. The molecule has 0 aromatic heterocycles. The van der Waals surface area contributed by atoms with Gasteiger partial charge in [-0.25, -0.2) is 5.11 Å². The molecule has 1 rings (SSSR count). The van der Waals surface area contributed by atoms with Gasteiger partial charge in [0.05, 0.1) is 6.61 Å². The second-order valence-corrected chi connectivity index (χ2v) is 6.40. The fraction of sp³-hybridized carbons (Fsp3) is 1.00. The molecule has 17 heavy (non-hydrogen) atoms. The molecular weight excluding hydrogens is 240 g/mol. The molecule has 1 saturated heterocycles. The standard InChI is InChI=1S/C8H20O3Si.C3H5O2/c1-5-9-12(8-4,10-6-2)11-7-3;4-1-3-2-5-3/h5-8H2,1-4H3;3H,1-2H2. The van der Waals surface area contributed by atoms with Crippen molar-refractivity contribution in [2.24, 2.45) is 0 Å². The fourth-order valence-corrected chi connectivity index (χ4v) is 3.44. The SMILES string of the molecule is CCO[Si](CC)(OCC)OCC.[O]CC1CO1. The van der Waals surface area contributed by atoms with Gasteiger partial charge in [0.25, 0.3) is 0 Å². The van der Waals surface area contributed by atoms with Gasteiger partial charge >= 0.3 is 8.80 Å². The number of epoxide rings is 1. The summed E-state index contributed by atoms with van der Waals surface area (Å²) in [7, 11) is -2.27. The number of hydrogen-bond donors (Lipinski definition) is 0. The van der Waals surface area contributed by atoms with Gasteiger partial charge < -0.3 is 18.0 Å². The zero-order valence-corrected chi connectivity index (χ0v) is 12.4. The molecule has 0 bridgehead atoms. The Morgan fingerprint density at radius 3 is 1.59 bits per heavy atom. The van der Waals surface area contributed by atoms with E-state index in [4.69, 9.17) is 13.3 Å². The third-order valence-corrected chi connectivity index (χ3v) is 5.17. The topological polar surface area (TPSA) is 60.1 Å². The predicted molar refractivity (Wildman–Crippen MR) is 66.4 cm³/mol. The molecule has 5 nitrogen and oxygen atoms in total. The third kappa shape index (κ3) is 7.85. The molecule has 0 saturated carbocycles. The molecule has 1 aliphatic heterocycles. The molecular formula is C11H25O5Si. The molecule has 6 heteroatoms. The summed E-state index contributed by atoms with van der Waals surface area (Å²) in [6.07, 6.45) is 0.0787. The summed E-state index contributed by atoms with van der Waals surface area (Å²) in [5.74, 6) is 0. The van der Waals surface area contributed by atoms with Crippen molar-refractivity contribution >= 4 is 8.80 Å². The van der Waals surface area contributed by atoms with Gasteiger partial charge in [0.1, 0.15) is 12.7 Å². The summed E-state index contributed by atoms with van der Waals surface area (Å²) in [5.41, 5.74) is 0. The van der Waals surface area contributed by atoms with Gasteiger partial charge in [-0.1, -0.05) is 6.92 Å². The van der Waals surface area contributed by atoms with Crippen LogP contribution in [0.5, 0.6) is 0 Å². The zero-order valence-electron chi connectivity index (χ0n) is 11.4. The van der Waals surface area contributed by atoms with Crippen LogP contribution in [0.2, 0.25) is 6.04 Å². The highest BCUT2D eigenvalue weighted by atomic mass is 28.4. The van der Waals surface area contributed by atoms with E-state index < -0.39 is 8.80 Å². The molecule has 1 unspecified atom stereocenters. The number of hydrogen-bond acceptors (Lipinski definition) is 4. The minimum Gasteiger partial charge on any atom is -0.374 e. The van der Waals surface area contributed by atoms with Gasteiger partial charge in [-0.2, -0.15) is 0 Å². The van der Waals surface area contributed by atoms with Crippen LogP contribution in [0.15, 0.2) is 0 Å². The summed E-state index contributed by atoms with van der Waals surface area (Å²) in [4.78, 5) is 0. The van der Waals surface area contributed by atoms with E-state index in [1.165, 1.54) is 0 Å². The number of ether oxygens (including phenoxy) is 1. The summed E-state index contributed by atoms with van der Waals surface area (Å²) in [6.45, 7) is 10.6. The van der Waals surface area contributed by atoms with Crippen molar-refractivity contribution in [1.82, 2.24) is 0 Å². The Morgan fingerprint density at radius 2 is 1.47 bits per heavy atom. The van der Waals surface area contributed by atoms with Crippen LogP contribution in [0.3, 0.4) is 0 Å². The fourth-order valence-electron chi connectivity index (χ4n) is 1.26. The Labute approximate surface area is 105 Å². The molecule has 0 amide bonds. The minimum atomic E-state index is -2.27. The first-order chi connectivity index (χ1) is 8.17. The first-order valence-corrected chi connectivity index (χ1v) is 8.22. The van der Waals surface area contributed by atoms with Gasteiger partial charge in [0.2, 0.25) is 0 Å². The van der Waals surface area contributed by atoms with Crippen molar-refractivity contribution in [2.45, 2.75) is 39.8 Å². The van der Waals surface area contributed by atoms with Crippen LogP contribution in [0.4, 0.5) is 0 Å². The van der Waals surface area contributed by atoms with Gasteiger partial charge in [-0.15, -0.1) is 0 Å². The maximum Gasteiger partial charge on any atom is 0.500 e. The highest BCUT2D eigenvalue weighted by Crippen LogP contribution is 2.14. The van der Waals surface area contributed by atoms with E-state index in [0.717, 1.165) is 6.04 Å². The summed E-state index contributed by atoms with van der Waals surface area (Å²) < 4.78 is 21.2. The summed E-state index contributed by atoms with van der Waals surface area (Å²) >= 11 is 0. The van der Waals surface area contributed by atoms with Crippen LogP contribution in [-0.4, -0.2) is 47.9 Å². The quantitative estimate of drug-likeness (QED) is 0.496. The molecule has 1 atom stereocenters. The van der Waals surface area contributed by atoms with Gasteiger partial charge in [0.15, 0.2) is 0 Å². The number of rotatable bonds is 8. The molecule has 0 N–H and O–H groups in total. The van der Waals surface area contributed by atoms with Crippen LogP contribution >= 0.6 is 0 Å². The Hall–Kier alpha value is 0.0169. The van der Waals surface area contributed by atoms with Crippen molar-refractivity contribution in [2.75, 3.05) is 33.0 Å². The molecule has 1 aliphatic rings. The third-order valence-electron chi connectivity index (χ3n) is 2.11. The second kappa shape index (κ2) is 9.99. The highest BCUT2D eigenvalue weighted by molar-refractivity contribution is 6.60. The van der Waals surface area contributed by atoms with Crippen molar-refractivity contribution in [1.29, 1.82) is 0 Å². The van der Waals surface area contributed by atoms with E-state index in [1.807, 2.05) is 27.7 Å². The smallest absolute Gasteiger partial charge is 0.374 e. The van der Waals surface area contributed by atoms with Crippen molar-refractivity contribution in [3.8, 4) is 0 Å². The molecule has 0 aromatic rings. The van der Waals surface area contributed by atoms with E-state index in [-0.39, 0.29) is 12.7 Å². The van der Waals surface area contributed by atoms with E-state index in [2.05, 4.69) is 4.74 Å². The van der Waals surface area contributed by atoms with Crippen LogP contribution < -0.4 is 0 Å². The van der Waals surface area contributed by atoms with Crippen LogP contribution in [0.1, 0.15) is 27.7 Å².